The first-order valence-corrected chi connectivity index (χ1v) is 8.54. The summed E-state index contributed by atoms with van der Waals surface area (Å²) in [5, 5.41) is 0. The predicted molar refractivity (Wildman–Crippen MR) is 94.6 cm³/mol. The van der Waals surface area contributed by atoms with Gasteiger partial charge >= 0.3 is 0 Å². The summed E-state index contributed by atoms with van der Waals surface area (Å²) in [4.78, 5) is 40.7. The van der Waals surface area contributed by atoms with Crippen LogP contribution in [-0.2, 0) is 16.1 Å². The Balaban J connectivity index is 1.66. The summed E-state index contributed by atoms with van der Waals surface area (Å²) in [5.41, 5.74) is 0.252. The maximum Gasteiger partial charge on any atom is 0.290 e. The maximum atomic E-state index is 13.2. The van der Waals surface area contributed by atoms with Crippen LogP contribution in [0.15, 0.2) is 69.9 Å². The highest BCUT2D eigenvalue weighted by molar-refractivity contribution is 6.23. The molecule has 1 saturated heterocycles. The third-order valence-electron chi connectivity index (χ3n) is 4.48. The zero-order valence-corrected chi connectivity index (χ0v) is 14.6. The number of carbonyl (C=O) groups is 3. The number of anilines is 1. The van der Waals surface area contributed by atoms with Crippen LogP contribution < -0.4 is 4.90 Å². The van der Waals surface area contributed by atoms with Crippen LogP contribution in [0.5, 0.6) is 0 Å². The lowest BCUT2D eigenvalue weighted by Crippen LogP contribution is -2.45. The summed E-state index contributed by atoms with van der Waals surface area (Å²) in [6.45, 7) is -0.00647. The van der Waals surface area contributed by atoms with Gasteiger partial charge in [0.25, 0.3) is 11.8 Å². The van der Waals surface area contributed by atoms with Crippen molar-refractivity contribution < 1.29 is 27.6 Å². The summed E-state index contributed by atoms with van der Waals surface area (Å²) < 4.78 is 23.7. The summed E-state index contributed by atoms with van der Waals surface area (Å²) in [7, 11) is 0. The molecular weight excluding hydrogens is 367 g/mol. The third kappa shape index (κ3) is 3.20. The van der Waals surface area contributed by atoms with Gasteiger partial charge in [0.05, 0.1) is 31.2 Å². The van der Waals surface area contributed by atoms with E-state index in [-0.39, 0.29) is 24.4 Å². The minimum atomic E-state index is -1.03. The van der Waals surface area contributed by atoms with Crippen molar-refractivity contribution in [1.29, 1.82) is 0 Å². The molecule has 1 atom stereocenters. The van der Waals surface area contributed by atoms with Crippen molar-refractivity contribution in [1.82, 2.24) is 4.90 Å². The van der Waals surface area contributed by atoms with Crippen molar-refractivity contribution in [2.75, 3.05) is 4.90 Å². The number of amides is 3. The average Bonchev–Trinajstić information content (AvgIpc) is 3.43. The first-order chi connectivity index (χ1) is 13.5. The fourth-order valence-electron chi connectivity index (χ4n) is 3.16. The number of nitrogens with zero attached hydrogens (tertiary/aromatic N) is 2. The zero-order chi connectivity index (χ0) is 19.7. The second-order valence-corrected chi connectivity index (χ2v) is 6.25. The normalized spacial score (nSPS) is 16.6. The van der Waals surface area contributed by atoms with Crippen molar-refractivity contribution in [3.63, 3.8) is 0 Å². The Labute approximate surface area is 158 Å². The van der Waals surface area contributed by atoms with Crippen LogP contribution in [0.3, 0.4) is 0 Å². The van der Waals surface area contributed by atoms with E-state index in [2.05, 4.69) is 0 Å². The Kier molecular flexibility index (Phi) is 4.52. The molecule has 4 rings (SSSR count). The van der Waals surface area contributed by atoms with Crippen molar-refractivity contribution in [3.8, 4) is 0 Å². The Morgan fingerprint density at radius 1 is 1.07 bits per heavy atom. The highest BCUT2D eigenvalue weighted by Crippen LogP contribution is 2.28. The molecule has 0 saturated carbocycles. The fraction of sp³-hybridized carbons (Fsp3) is 0.150. The molecule has 1 unspecified atom stereocenters. The molecule has 0 N–H and O–H groups in total. The van der Waals surface area contributed by atoms with E-state index in [1.54, 1.807) is 18.2 Å². The average molecular weight is 382 g/mol. The molecule has 0 radical (unpaired) electrons. The molecule has 2 aromatic heterocycles. The van der Waals surface area contributed by atoms with Crippen molar-refractivity contribution >= 4 is 23.4 Å². The van der Waals surface area contributed by atoms with Gasteiger partial charge in [0.15, 0.2) is 5.76 Å². The Morgan fingerprint density at radius 3 is 2.43 bits per heavy atom. The molecule has 142 valence electrons. The van der Waals surface area contributed by atoms with Gasteiger partial charge in [-0.3, -0.25) is 14.4 Å². The third-order valence-corrected chi connectivity index (χ3v) is 4.48. The number of benzene rings is 1. The largest absolute Gasteiger partial charge is 0.467 e. The zero-order valence-electron chi connectivity index (χ0n) is 14.6. The summed E-state index contributed by atoms with van der Waals surface area (Å²) in [6.07, 6.45) is 2.62. The molecule has 3 aromatic rings. The molecule has 1 aromatic carbocycles. The van der Waals surface area contributed by atoms with E-state index in [0.29, 0.717) is 5.76 Å². The highest BCUT2D eigenvalue weighted by Gasteiger charge is 2.45. The van der Waals surface area contributed by atoms with E-state index in [9.17, 15) is 18.8 Å². The number of rotatable bonds is 5. The number of furan rings is 2. The number of imide groups is 1. The van der Waals surface area contributed by atoms with Crippen LogP contribution in [0.4, 0.5) is 10.1 Å². The molecule has 1 aliphatic rings. The molecule has 7 nitrogen and oxygen atoms in total. The lowest BCUT2D eigenvalue weighted by Gasteiger charge is -2.26. The number of halogens is 1. The standard InChI is InChI=1S/C20H15FN2O5/c21-13-5-7-14(8-6-13)23-18(24)11-16(19(23)25)22(12-15-3-1-9-27-15)20(26)17-4-2-10-28-17/h1-10,16H,11-12H2. The van der Waals surface area contributed by atoms with E-state index >= 15 is 0 Å². The van der Waals surface area contributed by atoms with Crippen LogP contribution in [0.2, 0.25) is 0 Å². The minimum absolute atomic E-state index is 0.00647. The van der Waals surface area contributed by atoms with E-state index in [4.69, 9.17) is 8.83 Å². The van der Waals surface area contributed by atoms with Gasteiger partial charge in [-0.2, -0.15) is 0 Å². The second-order valence-electron chi connectivity index (χ2n) is 6.25. The Morgan fingerprint density at radius 2 is 1.79 bits per heavy atom. The van der Waals surface area contributed by atoms with Crippen LogP contribution >= 0.6 is 0 Å². The van der Waals surface area contributed by atoms with Gasteiger partial charge in [-0.15, -0.1) is 0 Å². The molecule has 28 heavy (non-hydrogen) atoms. The molecule has 1 fully saturated rings. The van der Waals surface area contributed by atoms with Gasteiger partial charge in [0, 0.05) is 0 Å². The molecular formula is C20H15FN2O5. The van der Waals surface area contributed by atoms with Crippen molar-refractivity contribution in [2.45, 2.75) is 19.0 Å². The fourth-order valence-corrected chi connectivity index (χ4v) is 3.16. The molecule has 0 spiro atoms. The van der Waals surface area contributed by atoms with Gasteiger partial charge in [-0.1, -0.05) is 0 Å². The Bertz CT molecular complexity index is 996. The molecule has 8 heteroatoms. The smallest absolute Gasteiger partial charge is 0.290 e. The predicted octanol–water partition coefficient (Wildman–Crippen LogP) is 2.99. The van der Waals surface area contributed by atoms with E-state index in [1.165, 1.54) is 35.6 Å². The topological polar surface area (TPSA) is 84.0 Å². The maximum absolute atomic E-state index is 13.2. The molecule has 0 aliphatic carbocycles. The van der Waals surface area contributed by atoms with E-state index < -0.39 is 29.6 Å². The highest BCUT2D eigenvalue weighted by atomic mass is 19.1. The van der Waals surface area contributed by atoms with Gasteiger partial charge in [0.2, 0.25) is 5.91 Å². The van der Waals surface area contributed by atoms with Crippen LogP contribution in [-0.4, -0.2) is 28.7 Å². The molecule has 3 amide bonds. The SMILES string of the molecule is O=C1CC(N(Cc2ccco2)C(=O)c2ccco2)C(=O)N1c1ccc(F)cc1. The van der Waals surface area contributed by atoms with Crippen LogP contribution in [0.1, 0.15) is 22.7 Å². The van der Waals surface area contributed by atoms with Crippen LogP contribution in [0.25, 0.3) is 0 Å². The van der Waals surface area contributed by atoms with E-state index in [1.807, 2.05) is 0 Å². The molecule has 0 bridgehead atoms. The van der Waals surface area contributed by atoms with E-state index in [0.717, 1.165) is 17.0 Å². The second kappa shape index (κ2) is 7.15. The van der Waals surface area contributed by atoms with Gasteiger partial charge in [-0.05, 0) is 48.5 Å². The number of hydrogen-bond acceptors (Lipinski definition) is 5. The van der Waals surface area contributed by atoms with Gasteiger partial charge in [-0.25, -0.2) is 9.29 Å². The van der Waals surface area contributed by atoms with Crippen molar-refractivity contribution in [3.05, 3.63) is 78.4 Å². The quantitative estimate of drug-likeness (QED) is 0.634. The molecule has 3 heterocycles. The number of hydrogen-bond donors (Lipinski definition) is 0. The first kappa shape index (κ1) is 17.7. The Hall–Kier alpha value is -3.68. The monoisotopic (exact) mass is 382 g/mol. The van der Waals surface area contributed by atoms with Gasteiger partial charge < -0.3 is 13.7 Å². The van der Waals surface area contributed by atoms with Crippen LogP contribution in [0, 0.1) is 5.82 Å². The van der Waals surface area contributed by atoms with Crippen molar-refractivity contribution in [2.24, 2.45) is 0 Å². The summed E-state index contributed by atoms with van der Waals surface area (Å²) >= 11 is 0. The summed E-state index contributed by atoms with van der Waals surface area (Å²) in [6, 6.07) is 10.4. The lowest BCUT2D eigenvalue weighted by molar-refractivity contribution is -0.122. The van der Waals surface area contributed by atoms with Gasteiger partial charge in [0.1, 0.15) is 17.6 Å². The molecule has 1 aliphatic heterocycles. The summed E-state index contributed by atoms with van der Waals surface area (Å²) in [5.74, 6) is -1.55. The first-order valence-electron chi connectivity index (χ1n) is 8.54. The minimum Gasteiger partial charge on any atom is -0.467 e. The lowest BCUT2D eigenvalue weighted by atomic mass is 10.2. The number of carbonyl (C=O) groups excluding carboxylic acids is 3.